The highest BCUT2D eigenvalue weighted by Crippen LogP contribution is 2.42. The van der Waals surface area contributed by atoms with Gasteiger partial charge in [-0.05, 0) is 44.6 Å². The molecule has 2 aromatic rings. The number of esters is 1. The van der Waals surface area contributed by atoms with Gasteiger partial charge in [0.05, 0.1) is 23.1 Å². The highest BCUT2D eigenvalue weighted by atomic mass is 35.5. The number of aromatic nitrogens is 1. The summed E-state index contributed by atoms with van der Waals surface area (Å²) >= 11 is 7.53. The molecule has 0 saturated heterocycles. The van der Waals surface area contributed by atoms with Gasteiger partial charge in [-0.1, -0.05) is 24.1 Å². The van der Waals surface area contributed by atoms with E-state index in [0.29, 0.717) is 48.6 Å². The molecule has 1 aromatic carbocycles. The lowest BCUT2D eigenvalue weighted by molar-refractivity contribution is -0.142. The molecule has 1 aromatic heterocycles. The van der Waals surface area contributed by atoms with Crippen LogP contribution in [0.1, 0.15) is 55.6 Å². The first-order valence-electron chi connectivity index (χ1n) is 11.3. The molecule has 0 spiro atoms. The van der Waals surface area contributed by atoms with Gasteiger partial charge in [0.15, 0.2) is 22.5 Å². The van der Waals surface area contributed by atoms with Crippen molar-refractivity contribution in [2.75, 3.05) is 6.61 Å². The van der Waals surface area contributed by atoms with Crippen molar-refractivity contribution in [1.29, 1.82) is 0 Å². The Kier molecular flexibility index (Phi) is 7.81. The quantitative estimate of drug-likeness (QED) is 0.304. The lowest BCUT2D eigenvalue weighted by Gasteiger charge is -2.31. The number of thiazole rings is 1. The molecule has 11 heteroatoms. The van der Waals surface area contributed by atoms with Crippen LogP contribution in [-0.2, 0) is 14.3 Å². The fraction of sp³-hybridized carbons (Fsp3) is 0.417. The zero-order valence-electron chi connectivity index (χ0n) is 18.9. The van der Waals surface area contributed by atoms with E-state index in [1.54, 1.807) is 18.5 Å². The van der Waals surface area contributed by atoms with Crippen molar-refractivity contribution in [1.82, 2.24) is 10.3 Å². The Bertz CT molecular complexity index is 1190. The summed E-state index contributed by atoms with van der Waals surface area (Å²) in [4.78, 5) is 33.8. The van der Waals surface area contributed by atoms with E-state index in [4.69, 9.17) is 16.3 Å². The second-order valence-corrected chi connectivity index (χ2v) is 9.67. The SMILES string of the molecule is CCOC(=O)C1=C([C@@H]2CCC[C@@H](C(=O)O)CC2)NC(c2nccs2)=N[C@H]1c1ccc(F)c(F)c1Cl. The van der Waals surface area contributed by atoms with Crippen molar-refractivity contribution >= 4 is 40.7 Å². The van der Waals surface area contributed by atoms with Gasteiger partial charge < -0.3 is 15.2 Å². The van der Waals surface area contributed by atoms with E-state index in [2.05, 4.69) is 15.3 Å². The number of hydrogen-bond donors (Lipinski definition) is 2. The van der Waals surface area contributed by atoms with Gasteiger partial charge in [0.1, 0.15) is 6.04 Å². The number of nitrogens with zero attached hydrogens (tertiary/aromatic N) is 2. The number of nitrogens with one attached hydrogen (secondary N) is 1. The molecule has 2 aliphatic rings. The fourth-order valence-corrected chi connectivity index (χ4v) is 5.43. The molecule has 186 valence electrons. The number of allylic oxidation sites excluding steroid dienone is 1. The Morgan fingerprint density at radius 1 is 1.26 bits per heavy atom. The topological polar surface area (TPSA) is 101 Å². The molecule has 35 heavy (non-hydrogen) atoms. The zero-order valence-corrected chi connectivity index (χ0v) is 20.5. The number of carboxylic acids is 1. The summed E-state index contributed by atoms with van der Waals surface area (Å²) in [5, 5.41) is 14.6. The highest BCUT2D eigenvalue weighted by Gasteiger charge is 2.38. The molecule has 1 saturated carbocycles. The van der Waals surface area contributed by atoms with Crippen molar-refractivity contribution < 1.29 is 28.2 Å². The largest absolute Gasteiger partial charge is 0.481 e. The van der Waals surface area contributed by atoms with Crippen LogP contribution in [0.5, 0.6) is 0 Å². The molecule has 4 rings (SSSR count). The van der Waals surface area contributed by atoms with E-state index < -0.39 is 40.6 Å². The summed E-state index contributed by atoms with van der Waals surface area (Å²) in [6.45, 7) is 1.77. The average Bonchev–Trinajstić information content (AvgIpc) is 3.26. The lowest BCUT2D eigenvalue weighted by atomic mass is 9.86. The fourth-order valence-electron chi connectivity index (χ4n) is 4.58. The van der Waals surface area contributed by atoms with Crippen molar-refractivity contribution in [3.63, 3.8) is 0 Å². The van der Waals surface area contributed by atoms with Crippen LogP contribution in [0.2, 0.25) is 5.02 Å². The molecule has 0 bridgehead atoms. The number of aliphatic carboxylic acids is 1. The van der Waals surface area contributed by atoms with Crippen molar-refractivity contribution in [2.24, 2.45) is 16.8 Å². The number of amidine groups is 1. The Hall–Kier alpha value is -2.85. The second kappa shape index (κ2) is 10.8. The molecule has 1 fully saturated rings. The first-order chi connectivity index (χ1) is 16.8. The summed E-state index contributed by atoms with van der Waals surface area (Å²) in [6, 6.07) is 1.19. The molecular weight excluding hydrogens is 500 g/mol. The molecule has 2 heterocycles. The van der Waals surface area contributed by atoms with Crippen LogP contribution >= 0.6 is 22.9 Å². The zero-order chi connectivity index (χ0) is 25.1. The van der Waals surface area contributed by atoms with Gasteiger partial charge >= 0.3 is 11.9 Å². The Morgan fingerprint density at radius 3 is 2.74 bits per heavy atom. The summed E-state index contributed by atoms with van der Waals surface area (Å²) in [5.74, 6) is -4.11. The van der Waals surface area contributed by atoms with Crippen molar-refractivity contribution in [3.05, 3.63) is 62.2 Å². The van der Waals surface area contributed by atoms with Crippen LogP contribution in [0.3, 0.4) is 0 Å². The maximum atomic E-state index is 14.4. The molecular formula is C24H24ClF2N3O4S. The highest BCUT2D eigenvalue weighted by molar-refractivity contribution is 7.11. The molecule has 0 radical (unpaired) electrons. The maximum Gasteiger partial charge on any atom is 0.338 e. The monoisotopic (exact) mass is 523 g/mol. The van der Waals surface area contributed by atoms with E-state index in [1.165, 1.54) is 17.4 Å². The molecule has 7 nitrogen and oxygen atoms in total. The van der Waals surface area contributed by atoms with Gasteiger partial charge in [-0.15, -0.1) is 11.3 Å². The summed E-state index contributed by atoms with van der Waals surface area (Å²) in [7, 11) is 0. The number of carbonyl (C=O) groups excluding carboxylic acids is 1. The van der Waals surface area contributed by atoms with Crippen LogP contribution in [0.25, 0.3) is 0 Å². The smallest absolute Gasteiger partial charge is 0.338 e. The second-order valence-electron chi connectivity index (χ2n) is 8.40. The van der Waals surface area contributed by atoms with Gasteiger partial charge in [0.25, 0.3) is 0 Å². The van der Waals surface area contributed by atoms with E-state index in [0.717, 1.165) is 6.07 Å². The minimum Gasteiger partial charge on any atom is -0.481 e. The van der Waals surface area contributed by atoms with E-state index in [-0.39, 0.29) is 23.7 Å². The number of carbonyl (C=O) groups is 2. The van der Waals surface area contributed by atoms with Crippen LogP contribution in [0.15, 0.2) is 40.0 Å². The van der Waals surface area contributed by atoms with E-state index in [9.17, 15) is 23.5 Å². The molecule has 1 aliphatic carbocycles. The number of aliphatic imine (C=N–C) groups is 1. The molecule has 0 unspecified atom stereocenters. The predicted octanol–water partition coefficient (Wildman–Crippen LogP) is 5.26. The van der Waals surface area contributed by atoms with Gasteiger partial charge in [0.2, 0.25) is 0 Å². The minimum atomic E-state index is -1.22. The van der Waals surface area contributed by atoms with Gasteiger partial charge in [-0.2, -0.15) is 0 Å². The maximum absolute atomic E-state index is 14.4. The van der Waals surface area contributed by atoms with Crippen molar-refractivity contribution in [3.8, 4) is 0 Å². The Labute approximate surface area is 209 Å². The average molecular weight is 524 g/mol. The first kappa shape index (κ1) is 25.2. The van der Waals surface area contributed by atoms with Gasteiger partial charge in [-0.25, -0.2) is 18.6 Å². The molecule has 3 atom stereocenters. The predicted molar refractivity (Wildman–Crippen MR) is 127 cm³/mol. The summed E-state index contributed by atoms with van der Waals surface area (Å²) < 4.78 is 33.6. The van der Waals surface area contributed by atoms with E-state index in [1.807, 2.05) is 0 Å². The van der Waals surface area contributed by atoms with Gasteiger partial charge in [0, 0.05) is 22.8 Å². The van der Waals surface area contributed by atoms with Crippen LogP contribution in [-0.4, -0.2) is 34.5 Å². The number of halogens is 3. The standard InChI is InChI=1S/C24H24ClF2N3O4S/c1-2-34-24(33)16-19(12-4-3-5-13(7-6-12)23(31)32)29-21(22-28-10-11-35-22)30-20(16)14-8-9-15(26)18(27)17(14)25/h8-13,20H,2-7H2,1H3,(H,29,30)(H,31,32)/t12-,13-,20+/m1/s1. The minimum absolute atomic E-state index is 0.0999. The number of hydrogen-bond acceptors (Lipinski definition) is 7. The number of carboxylic acid groups (broad SMARTS) is 1. The Morgan fingerprint density at radius 2 is 2.06 bits per heavy atom. The normalized spacial score (nSPS) is 22.7. The summed E-state index contributed by atoms with van der Waals surface area (Å²) in [5.41, 5.74) is 0.804. The third-order valence-electron chi connectivity index (χ3n) is 6.29. The molecule has 2 N–H and O–H groups in total. The Balaban J connectivity index is 1.86. The van der Waals surface area contributed by atoms with Crippen LogP contribution in [0.4, 0.5) is 8.78 Å². The van der Waals surface area contributed by atoms with E-state index >= 15 is 0 Å². The van der Waals surface area contributed by atoms with Crippen LogP contribution < -0.4 is 5.32 Å². The third kappa shape index (κ3) is 5.23. The first-order valence-corrected chi connectivity index (χ1v) is 12.6. The third-order valence-corrected chi connectivity index (χ3v) is 7.45. The molecule has 1 aliphatic heterocycles. The number of rotatable bonds is 6. The van der Waals surface area contributed by atoms with Crippen molar-refractivity contribution in [2.45, 2.75) is 45.1 Å². The number of benzene rings is 1. The number of ether oxygens (including phenoxy) is 1. The lowest BCUT2D eigenvalue weighted by Crippen LogP contribution is -2.37. The molecule has 0 amide bonds. The van der Waals surface area contributed by atoms with Gasteiger partial charge in [-0.3, -0.25) is 9.79 Å². The summed E-state index contributed by atoms with van der Waals surface area (Å²) in [6.07, 6.45) is 4.41. The van der Waals surface area contributed by atoms with Crippen LogP contribution in [0, 0.1) is 23.5 Å².